The van der Waals surface area contributed by atoms with Crippen molar-refractivity contribution in [2.24, 2.45) is 7.05 Å². The maximum atomic E-state index is 13.1. The number of rotatable bonds is 4. The summed E-state index contributed by atoms with van der Waals surface area (Å²) in [5, 5.41) is 3.46. The first-order valence-electron chi connectivity index (χ1n) is 9.28. The molecule has 2 saturated heterocycles. The van der Waals surface area contributed by atoms with Gasteiger partial charge in [-0.15, -0.1) is 0 Å². The summed E-state index contributed by atoms with van der Waals surface area (Å²) < 4.78 is 29.5. The van der Waals surface area contributed by atoms with E-state index in [9.17, 15) is 8.42 Å². The van der Waals surface area contributed by atoms with E-state index in [1.165, 1.54) is 11.9 Å². The predicted molar refractivity (Wildman–Crippen MR) is 105 cm³/mol. The number of benzene rings is 1. The van der Waals surface area contributed by atoms with Crippen molar-refractivity contribution in [3.8, 4) is 11.1 Å². The number of nitrogens with zero attached hydrogens (tertiary/aromatic N) is 4. The molecular weight excluding hydrogens is 374 g/mol. The molecule has 28 heavy (non-hydrogen) atoms. The Balaban J connectivity index is 1.42. The average Bonchev–Trinajstić information content (AvgIpc) is 3.17. The Hall–Kier alpha value is -2.55. The van der Waals surface area contributed by atoms with Crippen LogP contribution < -0.4 is 5.32 Å². The van der Waals surface area contributed by atoms with Crippen LogP contribution in [0.3, 0.4) is 0 Å². The highest BCUT2D eigenvalue weighted by atomic mass is 32.2. The van der Waals surface area contributed by atoms with Crippen LogP contribution >= 0.6 is 0 Å². The highest BCUT2D eigenvalue weighted by Crippen LogP contribution is 2.45. The van der Waals surface area contributed by atoms with Crippen LogP contribution in [0.25, 0.3) is 11.1 Å². The monoisotopic (exact) mass is 395 g/mol. The lowest BCUT2D eigenvalue weighted by atomic mass is 9.74. The summed E-state index contributed by atoms with van der Waals surface area (Å²) in [6.07, 6.45) is 6.66. The number of imidazole rings is 1. The fourth-order valence-corrected chi connectivity index (χ4v) is 6.22. The third-order valence-electron chi connectivity index (χ3n) is 5.72. The molecule has 1 N–H and O–H groups in total. The molecule has 2 aliphatic rings. The molecule has 0 aliphatic carbocycles. The standard InChI is InChI=1S/C20H21N5O2S/c1-24-12-19(23-13-24)28(26,27)25-17-10-22-11-18(25)20(17)16-4-2-14(3-5-16)15-6-8-21-9-7-15/h2-9,12-13,17-18,20,22H,10-11H2,1H3/t17-,18+,20?. The van der Waals surface area contributed by atoms with Gasteiger partial charge in [-0.1, -0.05) is 24.3 Å². The maximum absolute atomic E-state index is 13.1. The molecule has 0 saturated carbocycles. The maximum Gasteiger partial charge on any atom is 0.262 e. The Bertz CT molecular complexity index is 1080. The molecule has 1 aromatic carbocycles. The Kier molecular flexibility index (Phi) is 4.08. The lowest BCUT2D eigenvalue weighted by molar-refractivity contribution is 0.0368. The van der Waals surface area contributed by atoms with E-state index in [-0.39, 0.29) is 23.0 Å². The summed E-state index contributed by atoms with van der Waals surface area (Å²) in [7, 11) is -1.80. The van der Waals surface area contributed by atoms with Gasteiger partial charge in [0.15, 0.2) is 5.03 Å². The fraction of sp³-hybridized carbons (Fsp3) is 0.300. The van der Waals surface area contributed by atoms with Crippen molar-refractivity contribution in [2.75, 3.05) is 13.1 Å². The Morgan fingerprint density at radius 1 is 1.00 bits per heavy atom. The summed E-state index contributed by atoms with van der Waals surface area (Å²) in [5.74, 6) is 0.200. The van der Waals surface area contributed by atoms with Crippen LogP contribution in [0, 0.1) is 0 Å². The van der Waals surface area contributed by atoms with Crippen molar-refractivity contribution >= 4 is 10.0 Å². The number of pyridine rings is 1. The largest absolute Gasteiger partial charge is 0.339 e. The zero-order chi connectivity index (χ0) is 19.3. The molecule has 0 amide bonds. The normalized spacial score (nSPS) is 24.7. The molecule has 2 bridgehead atoms. The van der Waals surface area contributed by atoms with Gasteiger partial charge >= 0.3 is 0 Å². The number of piperazine rings is 1. The van der Waals surface area contributed by atoms with Gasteiger partial charge in [0.1, 0.15) is 0 Å². The van der Waals surface area contributed by atoms with E-state index in [2.05, 4.69) is 39.6 Å². The van der Waals surface area contributed by atoms with E-state index in [4.69, 9.17) is 0 Å². The second-order valence-electron chi connectivity index (χ2n) is 7.39. The van der Waals surface area contributed by atoms with E-state index in [0.717, 1.165) is 11.1 Å². The molecular formula is C20H21N5O2S. The number of nitrogens with one attached hydrogen (secondary N) is 1. The molecule has 1 unspecified atom stereocenters. The smallest absolute Gasteiger partial charge is 0.262 e. The lowest BCUT2D eigenvalue weighted by Crippen LogP contribution is -2.73. The van der Waals surface area contributed by atoms with Gasteiger partial charge in [0.25, 0.3) is 10.0 Å². The fourth-order valence-electron chi connectivity index (χ4n) is 4.40. The molecule has 2 aliphatic heterocycles. The van der Waals surface area contributed by atoms with Crippen LogP contribution in [0.1, 0.15) is 11.5 Å². The van der Waals surface area contributed by atoms with Gasteiger partial charge in [0.05, 0.1) is 6.33 Å². The van der Waals surface area contributed by atoms with Crippen molar-refractivity contribution in [3.63, 3.8) is 0 Å². The van der Waals surface area contributed by atoms with Crippen LogP contribution in [-0.4, -0.2) is 52.4 Å². The van der Waals surface area contributed by atoms with E-state index in [0.29, 0.717) is 13.1 Å². The van der Waals surface area contributed by atoms with Crippen LogP contribution in [0.4, 0.5) is 0 Å². The zero-order valence-corrected chi connectivity index (χ0v) is 16.2. The first-order chi connectivity index (χ1) is 13.6. The van der Waals surface area contributed by atoms with E-state index >= 15 is 0 Å². The molecule has 3 aromatic rings. The molecule has 5 rings (SSSR count). The molecule has 2 fully saturated rings. The molecule has 144 valence electrons. The van der Waals surface area contributed by atoms with Crippen molar-refractivity contribution in [3.05, 3.63) is 66.9 Å². The third kappa shape index (κ3) is 2.68. The number of piperidine rings is 1. The van der Waals surface area contributed by atoms with Gasteiger partial charge in [-0.2, -0.15) is 4.31 Å². The molecule has 0 radical (unpaired) electrons. The second-order valence-corrected chi connectivity index (χ2v) is 9.18. The lowest BCUT2D eigenvalue weighted by Gasteiger charge is -2.57. The first kappa shape index (κ1) is 17.5. The van der Waals surface area contributed by atoms with Crippen LogP contribution in [-0.2, 0) is 17.1 Å². The Morgan fingerprint density at radius 2 is 1.64 bits per heavy atom. The summed E-state index contributed by atoms with van der Waals surface area (Å²) in [4.78, 5) is 8.13. The molecule has 3 atom stereocenters. The SMILES string of the molecule is Cn1cnc(S(=O)(=O)N2[C@@H]3CNC[C@H]2C3c2ccc(-c3ccncc3)cc2)c1. The highest BCUT2D eigenvalue weighted by molar-refractivity contribution is 7.89. The number of hydrogen-bond acceptors (Lipinski definition) is 5. The van der Waals surface area contributed by atoms with Crippen LogP contribution in [0.15, 0.2) is 66.3 Å². The van der Waals surface area contributed by atoms with Gasteiger partial charge in [0.2, 0.25) is 0 Å². The topological polar surface area (TPSA) is 80.1 Å². The van der Waals surface area contributed by atoms with Crippen molar-refractivity contribution in [1.29, 1.82) is 0 Å². The predicted octanol–water partition coefficient (Wildman–Crippen LogP) is 1.61. The Morgan fingerprint density at radius 3 is 2.25 bits per heavy atom. The number of hydrogen-bond donors (Lipinski definition) is 1. The Labute approximate surface area is 164 Å². The first-order valence-corrected chi connectivity index (χ1v) is 10.7. The number of aromatic nitrogens is 3. The van der Waals surface area contributed by atoms with Gasteiger partial charge in [-0.05, 0) is 28.8 Å². The van der Waals surface area contributed by atoms with Crippen molar-refractivity contribution < 1.29 is 8.42 Å². The molecule has 4 heterocycles. The minimum Gasteiger partial charge on any atom is -0.339 e. The number of fused-ring (bicyclic) bond motifs is 2. The quantitative estimate of drug-likeness (QED) is 0.726. The second kappa shape index (κ2) is 6.51. The minimum absolute atomic E-state index is 0.0856. The number of aryl methyl sites for hydroxylation is 1. The van der Waals surface area contributed by atoms with Gasteiger partial charge in [-0.3, -0.25) is 4.98 Å². The van der Waals surface area contributed by atoms with E-state index < -0.39 is 10.0 Å². The summed E-state index contributed by atoms with van der Waals surface area (Å²) in [5.41, 5.74) is 3.44. The average molecular weight is 395 g/mol. The molecule has 2 aromatic heterocycles. The third-order valence-corrected chi connectivity index (χ3v) is 7.56. The summed E-state index contributed by atoms with van der Waals surface area (Å²) in [6.45, 7) is 1.30. The zero-order valence-electron chi connectivity index (χ0n) is 15.4. The molecule has 0 spiro atoms. The molecule has 8 heteroatoms. The van der Waals surface area contributed by atoms with E-state index in [1.807, 2.05) is 12.1 Å². The summed E-state index contributed by atoms with van der Waals surface area (Å²) >= 11 is 0. The van der Waals surface area contributed by atoms with Crippen LogP contribution in [0.2, 0.25) is 0 Å². The van der Waals surface area contributed by atoms with Crippen molar-refractivity contribution in [2.45, 2.75) is 23.0 Å². The van der Waals surface area contributed by atoms with Crippen molar-refractivity contribution in [1.82, 2.24) is 24.2 Å². The number of sulfonamides is 1. The summed E-state index contributed by atoms with van der Waals surface area (Å²) in [6, 6.07) is 12.2. The minimum atomic E-state index is -3.58. The van der Waals surface area contributed by atoms with E-state index in [1.54, 1.807) is 34.5 Å². The van der Waals surface area contributed by atoms with Gasteiger partial charge in [0, 0.05) is 56.7 Å². The van der Waals surface area contributed by atoms with Crippen LogP contribution in [0.5, 0.6) is 0 Å². The van der Waals surface area contributed by atoms with Gasteiger partial charge < -0.3 is 9.88 Å². The molecule has 7 nitrogen and oxygen atoms in total. The highest BCUT2D eigenvalue weighted by Gasteiger charge is 2.57. The van der Waals surface area contributed by atoms with Gasteiger partial charge in [-0.25, -0.2) is 13.4 Å².